The van der Waals surface area contributed by atoms with Crippen LogP contribution in [-0.4, -0.2) is 25.5 Å². The molecule has 0 spiro atoms. The number of hydroxylamine groups is 1. The molecule has 3 heterocycles. The van der Waals surface area contributed by atoms with E-state index in [0.717, 1.165) is 28.0 Å². The van der Waals surface area contributed by atoms with Crippen molar-refractivity contribution in [2.24, 2.45) is 0 Å². The first-order chi connectivity index (χ1) is 13.3. The summed E-state index contributed by atoms with van der Waals surface area (Å²) in [5.41, 5.74) is 6.33. The minimum atomic E-state index is -0.556. The first-order valence-electron chi connectivity index (χ1n) is 8.61. The normalized spacial score (nSPS) is 12.0. The van der Waals surface area contributed by atoms with Gasteiger partial charge in [-0.3, -0.25) is 15.0 Å². The van der Waals surface area contributed by atoms with Gasteiger partial charge in [0.05, 0.1) is 17.8 Å². The van der Waals surface area contributed by atoms with E-state index in [0.29, 0.717) is 6.42 Å². The highest BCUT2D eigenvalue weighted by Gasteiger charge is 2.24. The molecule has 6 nitrogen and oxygen atoms in total. The molecule has 4 aromatic rings. The van der Waals surface area contributed by atoms with Crippen molar-refractivity contribution in [1.29, 1.82) is 0 Å². The number of pyridine rings is 2. The maximum atomic E-state index is 12.3. The lowest BCUT2D eigenvalue weighted by atomic mass is 9.96. The lowest BCUT2D eigenvalue weighted by Gasteiger charge is -2.15. The van der Waals surface area contributed by atoms with Gasteiger partial charge >= 0.3 is 0 Å². The van der Waals surface area contributed by atoms with E-state index >= 15 is 0 Å². The van der Waals surface area contributed by atoms with Gasteiger partial charge in [0.2, 0.25) is 0 Å². The maximum Gasteiger partial charge on any atom is 0.252 e. The van der Waals surface area contributed by atoms with Gasteiger partial charge in [0, 0.05) is 18.6 Å². The zero-order chi connectivity index (χ0) is 18.6. The van der Waals surface area contributed by atoms with Crippen molar-refractivity contribution in [3.05, 3.63) is 90.6 Å². The molecular formula is C21H18N4O2. The van der Waals surface area contributed by atoms with E-state index in [1.807, 2.05) is 65.2 Å². The van der Waals surface area contributed by atoms with Crippen LogP contribution in [-0.2, 0) is 11.2 Å². The molecule has 1 aromatic carbocycles. The standard InChI is InChI=1S/C21H18N4O2/c26-21(24-27)18(12-15-4-2-1-3-5-15)19-14-23-20-13-17(8-11-25(19)20)16-6-9-22-10-7-16/h1-11,13-14,18,27H,12H2,(H,24,26). The number of fused-ring (bicyclic) bond motifs is 1. The van der Waals surface area contributed by atoms with E-state index in [1.165, 1.54) is 0 Å². The Kier molecular flexibility index (Phi) is 4.63. The van der Waals surface area contributed by atoms with Crippen molar-refractivity contribution in [3.63, 3.8) is 0 Å². The van der Waals surface area contributed by atoms with Crippen LogP contribution >= 0.6 is 0 Å². The highest BCUT2D eigenvalue weighted by molar-refractivity contribution is 5.83. The van der Waals surface area contributed by atoms with Gasteiger partial charge in [-0.25, -0.2) is 10.5 Å². The number of carbonyl (C=O) groups is 1. The molecule has 1 unspecified atom stereocenters. The van der Waals surface area contributed by atoms with Gasteiger partial charge in [-0.2, -0.15) is 0 Å². The molecular weight excluding hydrogens is 340 g/mol. The molecule has 0 fully saturated rings. The quantitative estimate of drug-likeness (QED) is 0.424. The van der Waals surface area contributed by atoms with Crippen LogP contribution in [0.15, 0.2) is 79.4 Å². The van der Waals surface area contributed by atoms with E-state index in [9.17, 15) is 10.0 Å². The van der Waals surface area contributed by atoms with E-state index in [-0.39, 0.29) is 0 Å². The van der Waals surface area contributed by atoms with Gasteiger partial charge in [0.15, 0.2) is 0 Å². The number of carbonyl (C=O) groups excluding carboxylic acids is 1. The van der Waals surface area contributed by atoms with Crippen molar-refractivity contribution in [3.8, 4) is 11.1 Å². The molecule has 0 saturated carbocycles. The molecule has 1 amide bonds. The van der Waals surface area contributed by atoms with Crippen LogP contribution in [0.4, 0.5) is 0 Å². The lowest BCUT2D eigenvalue weighted by molar-refractivity contribution is -0.130. The third kappa shape index (κ3) is 3.43. The second-order valence-corrected chi connectivity index (χ2v) is 6.28. The zero-order valence-electron chi connectivity index (χ0n) is 14.5. The third-order valence-corrected chi connectivity index (χ3v) is 4.62. The van der Waals surface area contributed by atoms with Crippen LogP contribution in [0.2, 0.25) is 0 Å². The average Bonchev–Trinajstić information content (AvgIpc) is 3.16. The average molecular weight is 358 g/mol. The van der Waals surface area contributed by atoms with E-state index < -0.39 is 11.8 Å². The van der Waals surface area contributed by atoms with Crippen LogP contribution in [0.5, 0.6) is 0 Å². The molecule has 4 rings (SSSR count). The summed E-state index contributed by atoms with van der Waals surface area (Å²) in [6.45, 7) is 0. The number of nitrogens with one attached hydrogen (secondary N) is 1. The van der Waals surface area contributed by atoms with Crippen molar-refractivity contribution in [1.82, 2.24) is 19.8 Å². The second-order valence-electron chi connectivity index (χ2n) is 6.28. The molecule has 0 aliphatic rings. The Bertz CT molecular complexity index is 1060. The van der Waals surface area contributed by atoms with Gasteiger partial charge < -0.3 is 4.40 Å². The summed E-state index contributed by atoms with van der Waals surface area (Å²) in [5.74, 6) is -1.02. The van der Waals surface area contributed by atoms with Crippen LogP contribution in [0.1, 0.15) is 17.2 Å². The summed E-state index contributed by atoms with van der Waals surface area (Å²) >= 11 is 0. The number of imidazole rings is 1. The van der Waals surface area contributed by atoms with Gasteiger partial charge in [-0.15, -0.1) is 0 Å². The number of benzene rings is 1. The Morgan fingerprint density at radius 1 is 1.07 bits per heavy atom. The predicted octanol–water partition coefficient (Wildman–Crippen LogP) is 3.23. The Morgan fingerprint density at radius 2 is 1.85 bits per heavy atom. The molecule has 0 bridgehead atoms. The smallest absolute Gasteiger partial charge is 0.252 e. The fourth-order valence-corrected chi connectivity index (χ4v) is 3.24. The van der Waals surface area contributed by atoms with Gasteiger partial charge in [-0.05, 0) is 47.4 Å². The third-order valence-electron chi connectivity index (χ3n) is 4.62. The van der Waals surface area contributed by atoms with Crippen molar-refractivity contribution in [2.45, 2.75) is 12.3 Å². The maximum absolute atomic E-state index is 12.3. The molecule has 3 aromatic heterocycles. The molecule has 134 valence electrons. The highest BCUT2D eigenvalue weighted by Crippen LogP contribution is 2.25. The number of amides is 1. The van der Waals surface area contributed by atoms with Crippen LogP contribution < -0.4 is 5.48 Å². The van der Waals surface area contributed by atoms with E-state index in [1.54, 1.807) is 24.1 Å². The van der Waals surface area contributed by atoms with Crippen molar-refractivity contribution < 1.29 is 10.0 Å². The summed E-state index contributed by atoms with van der Waals surface area (Å²) in [6, 6.07) is 17.5. The molecule has 6 heteroatoms. The van der Waals surface area contributed by atoms with E-state index in [2.05, 4.69) is 9.97 Å². The molecule has 1 atom stereocenters. The largest absolute Gasteiger partial charge is 0.303 e. The summed E-state index contributed by atoms with van der Waals surface area (Å²) in [4.78, 5) is 20.8. The summed E-state index contributed by atoms with van der Waals surface area (Å²) in [5, 5.41) is 9.21. The zero-order valence-corrected chi connectivity index (χ0v) is 14.5. The Labute approximate surface area is 156 Å². The number of hydrogen-bond acceptors (Lipinski definition) is 4. The Balaban J connectivity index is 1.73. The molecule has 2 N–H and O–H groups in total. The van der Waals surface area contributed by atoms with Gasteiger partial charge in [0.1, 0.15) is 5.65 Å². The van der Waals surface area contributed by atoms with Crippen LogP contribution in [0.25, 0.3) is 16.8 Å². The molecule has 27 heavy (non-hydrogen) atoms. The molecule has 0 aliphatic carbocycles. The predicted molar refractivity (Wildman–Crippen MR) is 101 cm³/mol. The topological polar surface area (TPSA) is 79.5 Å². The fourth-order valence-electron chi connectivity index (χ4n) is 3.24. The Hall–Kier alpha value is -3.51. The van der Waals surface area contributed by atoms with Crippen LogP contribution in [0, 0.1) is 0 Å². The number of rotatable bonds is 5. The van der Waals surface area contributed by atoms with Gasteiger partial charge in [0.25, 0.3) is 5.91 Å². The monoisotopic (exact) mass is 358 g/mol. The Morgan fingerprint density at radius 3 is 2.59 bits per heavy atom. The SMILES string of the molecule is O=C(NO)C(Cc1ccccc1)c1cnc2cc(-c3ccncc3)ccn12. The first kappa shape index (κ1) is 16.9. The summed E-state index contributed by atoms with van der Waals surface area (Å²) < 4.78 is 1.88. The summed E-state index contributed by atoms with van der Waals surface area (Å²) in [6.07, 6.45) is 7.55. The van der Waals surface area contributed by atoms with Crippen LogP contribution in [0.3, 0.4) is 0 Å². The lowest BCUT2D eigenvalue weighted by Crippen LogP contribution is -2.28. The first-order valence-corrected chi connectivity index (χ1v) is 8.61. The minimum Gasteiger partial charge on any atom is -0.303 e. The van der Waals surface area contributed by atoms with Crippen molar-refractivity contribution >= 4 is 11.6 Å². The molecule has 0 aliphatic heterocycles. The molecule has 0 radical (unpaired) electrons. The van der Waals surface area contributed by atoms with Crippen molar-refractivity contribution in [2.75, 3.05) is 0 Å². The number of aromatic nitrogens is 3. The van der Waals surface area contributed by atoms with E-state index in [4.69, 9.17) is 0 Å². The molecule has 0 saturated heterocycles. The van der Waals surface area contributed by atoms with Gasteiger partial charge in [-0.1, -0.05) is 30.3 Å². The minimum absolute atomic E-state index is 0.459. The fraction of sp³-hybridized carbons (Fsp3) is 0.0952. The highest BCUT2D eigenvalue weighted by atomic mass is 16.5. The second kappa shape index (κ2) is 7.39. The summed E-state index contributed by atoms with van der Waals surface area (Å²) in [7, 11) is 0. The number of nitrogens with zero attached hydrogens (tertiary/aromatic N) is 3. The number of hydrogen-bond donors (Lipinski definition) is 2.